The van der Waals surface area contributed by atoms with Crippen LogP contribution in [0.2, 0.25) is 0 Å². The maximum absolute atomic E-state index is 13.8. The standard InChI is InChI=1S/C29H28BrFN5OP/c1-18-17-35(29(22-8-10-23(31)11-9-22)21-6-4-20(15-32)5-7-21)19(2)16-34(18)25-14-27(37)36(38-3)24-12-13-26(30)33-28(24)25/h4-14,18-19,29,38H,16-17H2,1-3H3/t18-,19+,29?/m0/s1. The first-order chi connectivity index (χ1) is 18.3. The van der Waals surface area contributed by atoms with E-state index in [-0.39, 0.29) is 29.5 Å². The van der Waals surface area contributed by atoms with Gasteiger partial charge in [0.05, 0.1) is 28.9 Å². The molecule has 0 N–H and O–H groups in total. The van der Waals surface area contributed by atoms with E-state index in [2.05, 4.69) is 45.6 Å². The van der Waals surface area contributed by atoms with Crippen LogP contribution in [-0.4, -0.2) is 46.1 Å². The summed E-state index contributed by atoms with van der Waals surface area (Å²) < 4.78 is 16.3. The molecule has 4 aromatic rings. The van der Waals surface area contributed by atoms with E-state index in [1.807, 2.05) is 55.2 Å². The minimum atomic E-state index is -0.272. The summed E-state index contributed by atoms with van der Waals surface area (Å²) in [4.78, 5) is 22.6. The second-order valence-corrected chi connectivity index (χ2v) is 11.4. The summed E-state index contributed by atoms with van der Waals surface area (Å²) in [7, 11) is 0.307. The first-order valence-corrected chi connectivity index (χ1v) is 14.7. The Morgan fingerprint density at radius 2 is 1.68 bits per heavy atom. The maximum Gasteiger partial charge on any atom is 0.256 e. The number of rotatable bonds is 5. The average Bonchev–Trinajstić information content (AvgIpc) is 2.92. The summed E-state index contributed by atoms with van der Waals surface area (Å²) >= 11 is 3.51. The highest BCUT2D eigenvalue weighted by molar-refractivity contribution is 9.10. The van der Waals surface area contributed by atoms with Crippen LogP contribution in [0.3, 0.4) is 0 Å². The Bertz CT molecular complexity index is 1570. The zero-order valence-electron chi connectivity index (χ0n) is 21.4. The number of benzene rings is 2. The molecule has 9 heteroatoms. The molecular weight excluding hydrogens is 564 g/mol. The molecule has 1 aliphatic heterocycles. The van der Waals surface area contributed by atoms with Gasteiger partial charge >= 0.3 is 0 Å². The topological polar surface area (TPSA) is 65.2 Å². The predicted molar refractivity (Wildman–Crippen MR) is 156 cm³/mol. The van der Waals surface area contributed by atoms with Crippen molar-refractivity contribution in [3.63, 3.8) is 0 Å². The molecule has 1 fully saturated rings. The third-order valence-electron chi connectivity index (χ3n) is 7.24. The molecule has 1 aliphatic rings. The molecule has 4 atom stereocenters. The fraction of sp³-hybridized carbons (Fsp3) is 0.276. The Hall–Kier alpha value is -3.11. The Balaban J connectivity index is 1.55. The van der Waals surface area contributed by atoms with Gasteiger partial charge in [0.1, 0.15) is 15.9 Å². The largest absolute Gasteiger partial charge is 0.364 e. The van der Waals surface area contributed by atoms with E-state index < -0.39 is 0 Å². The summed E-state index contributed by atoms with van der Waals surface area (Å²) in [5.41, 5.74) is 5.10. The first kappa shape index (κ1) is 26.5. The van der Waals surface area contributed by atoms with Crippen molar-refractivity contribution in [1.82, 2.24) is 14.2 Å². The maximum atomic E-state index is 13.8. The van der Waals surface area contributed by atoms with Gasteiger partial charge in [-0.15, -0.1) is 0 Å². The molecule has 2 unspecified atom stereocenters. The van der Waals surface area contributed by atoms with Crippen LogP contribution in [0.1, 0.15) is 36.6 Å². The number of halogens is 2. The second kappa shape index (κ2) is 10.9. The van der Waals surface area contributed by atoms with Crippen LogP contribution in [-0.2, 0) is 0 Å². The highest BCUT2D eigenvalue weighted by Crippen LogP contribution is 2.36. The van der Waals surface area contributed by atoms with Crippen LogP contribution >= 0.6 is 24.7 Å². The monoisotopic (exact) mass is 591 g/mol. The van der Waals surface area contributed by atoms with Gasteiger partial charge in [-0.3, -0.25) is 14.0 Å². The van der Waals surface area contributed by atoms with Gasteiger partial charge < -0.3 is 4.90 Å². The Kier molecular flexibility index (Phi) is 7.63. The van der Waals surface area contributed by atoms with Gasteiger partial charge in [-0.05, 0) is 92.7 Å². The van der Waals surface area contributed by atoms with Gasteiger partial charge in [0, 0.05) is 31.2 Å². The minimum absolute atomic E-state index is 0.0264. The molecule has 2 aromatic carbocycles. The predicted octanol–water partition coefficient (Wildman–Crippen LogP) is 5.93. The summed E-state index contributed by atoms with van der Waals surface area (Å²) in [6, 6.07) is 22.1. The zero-order valence-corrected chi connectivity index (χ0v) is 24.0. The summed E-state index contributed by atoms with van der Waals surface area (Å²) in [5, 5.41) is 9.28. The van der Waals surface area contributed by atoms with Gasteiger partial charge in [0.15, 0.2) is 0 Å². The van der Waals surface area contributed by atoms with E-state index in [9.17, 15) is 14.4 Å². The van der Waals surface area contributed by atoms with Crippen molar-refractivity contribution in [2.75, 3.05) is 24.7 Å². The second-order valence-electron chi connectivity index (χ2n) is 9.66. The minimum Gasteiger partial charge on any atom is -0.364 e. The summed E-state index contributed by atoms with van der Waals surface area (Å²) in [6.07, 6.45) is 0. The lowest BCUT2D eigenvalue weighted by Gasteiger charge is -2.48. The van der Waals surface area contributed by atoms with Crippen molar-refractivity contribution >= 4 is 41.4 Å². The molecule has 5 rings (SSSR count). The Morgan fingerprint density at radius 1 is 1.03 bits per heavy atom. The Morgan fingerprint density at radius 3 is 2.32 bits per heavy atom. The molecule has 0 spiro atoms. The number of anilines is 1. The molecule has 0 amide bonds. The van der Waals surface area contributed by atoms with Crippen LogP contribution in [0.4, 0.5) is 10.1 Å². The van der Waals surface area contributed by atoms with Crippen molar-refractivity contribution in [2.45, 2.75) is 32.0 Å². The number of hydrogen-bond donors (Lipinski definition) is 0. The zero-order chi connectivity index (χ0) is 27.0. The number of nitriles is 1. The highest BCUT2D eigenvalue weighted by Gasteiger charge is 2.36. The molecule has 2 aromatic heterocycles. The van der Waals surface area contributed by atoms with E-state index >= 15 is 0 Å². The van der Waals surface area contributed by atoms with Crippen molar-refractivity contribution in [3.8, 4) is 6.07 Å². The lowest BCUT2D eigenvalue weighted by molar-refractivity contribution is 0.130. The van der Waals surface area contributed by atoms with Gasteiger partial charge in [-0.25, -0.2) is 9.37 Å². The van der Waals surface area contributed by atoms with Gasteiger partial charge in [-0.1, -0.05) is 24.3 Å². The van der Waals surface area contributed by atoms with E-state index in [1.54, 1.807) is 10.4 Å². The van der Waals surface area contributed by atoms with Crippen LogP contribution in [0, 0.1) is 17.1 Å². The van der Waals surface area contributed by atoms with Crippen LogP contribution < -0.4 is 10.5 Å². The Labute approximate surface area is 231 Å². The molecule has 6 nitrogen and oxygen atoms in total. The highest BCUT2D eigenvalue weighted by atomic mass is 79.9. The van der Waals surface area contributed by atoms with E-state index in [1.165, 1.54) is 12.1 Å². The van der Waals surface area contributed by atoms with Crippen molar-refractivity contribution in [1.29, 1.82) is 5.26 Å². The number of nitrogens with zero attached hydrogens (tertiary/aromatic N) is 5. The SMILES string of the molecule is CPn1c(=O)cc(N2C[C@@H](C)N(C(c3ccc(F)cc3)c3ccc(C#N)cc3)C[C@@H]2C)c2nc(Br)ccc21. The quantitative estimate of drug-likeness (QED) is 0.213. The lowest BCUT2D eigenvalue weighted by atomic mass is 9.93. The first-order valence-electron chi connectivity index (χ1n) is 12.5. The average molecular weight is 592 g/mol. The third kappa shape index (κ3) is 4.99. The van der Waals surface area contributed by atoms with Crippen LogP contribution in [0.5, 0.6) is 0 Å². The molecule has 0 aliphatic carbocycles. The van der Waals surface area contributed by atoms with Crippen LogP contribution in [0.15, 0.2) is 76.1 Å². The van der Waals surface area contributed by atoms with Crippen molar-refractivity contribution in [2.24, 2.45) is 0 Å². The molecule has 38 heavy (non-hydrogen) atoms. The smallest absolute Gasteiger partial charge is 0.256 e. The number of aromatic nitrogens is 2. The fourth-order valence-corrected chi connectivity index (χ4v) is 6.44. The normalized spacial score (nSPS) is 19.2. The molecule has 0 radical (unpaired) electrons. The number of hydrogen-bond acceptors (Lipinski definition) is 5. The van der Waals surface area contributed by atoms with E-state index in [4.69, 9.17) is 4.98 Å². The number of pyridine rings is 2. The van der Waals surface area contributed by atoms with Gasteiger partial charge in [0.25, 0.3) is 5.56 Å². The number of fused-ring (bicyclic) bond motifs is 1. The molecule has 0 saturated carbocycles. The van der Waals surface area contributed by atoms with E-state index in [0.29, 0.717) is 20.8 Å². The molecule has 1 saturated heterocycles. The van der Waals surface area contributed by atoms with Gasteiger partial charge in [0.2, 0.25) is 0 Å². The van der Waals surface area contributed by atoms with Crippen LogP contribution in [0.25, 0.3) is 11.0 Å². The summed E-state index contributed by atoms with van der Waals surface area (Å²) in [5.74, 6) is -0.272. The molecule has 0 bridgehead atoms. The fourth-order valence-electron chi connectivity index (χ4n) is 5.42. The van der Waals surface area contributed by atoms with Crippen molar-refractivity contribution < 1.29 is 4.39 Å². The molecule has 3 heterocycles. The third-order valence-corrected chi connectivity index (χ3v) is 8.59. The molecular formula is C29H28BrFN5OP. The lowest BCUT2D eigenvalue weighted by Crippen LogP contribution is -2.57. The van der Waals surface area contributed by atoms with Crippen molar-refractivity contribution in [3.05, 3.63) is 104 Å². The van der Waals surface area contributed by atoms with Gasteiger partial charge in [-0.2, -0.15) is 5.26 Å². The number of piperazine rings is 1. The molecule has 194 valence electrons. The van der Waals surface area contributed by atoms with E-state index in [0.717, 1.165) is 39.0 Å². The summed E-state index contributed by atoms with van der Waals surface area (Å²) in [6.45, 7) is 7.74.